The van der Waals surface area contributed by atoms with Gasteiger partial charge in [0, 0.05) is 19.0 Å². The van der Waals surface area contributed by atoms with Crippen molar-refractivity contribution >= 4 is 11.6 Å². The van der Waals surface area contributed by atoms with E-state index in [1.54, 1.807) is 6.20 Å². The van der Waals surface area contributed by atoms with Crippen LogP contribution in [0.4, 0.5) is 0 Å². The minimum absolute atomic E-state index is 0.407. The number of hydrogen-bond acceptors (Lipinski definition) is 3. The van der Waals surface area contributed by atoms with Gasteiger partial charge < -0.3 is 0 Å². The zero-order valence-electron chi connectivity index (χ0n) is 10.0. The summed E-state index contributed by atoms with van der Waals surface area (Å²) < 4.78 is 1.87. The Balaban J connectivity index is 2.47. The van der Waals surface area contributed by atoms with Crippen molar-refractivity contribution in [1.29, 1.82) is 0 Å². The highest BCUT2D eigenvalue weighted by atomic mass is 35.5. The molecule has 0 atom stereocenters. The molecule has 0 radical (unpaired) electrons. The quantitative estimate of drug-likeness (QED) is 0.784. The third-order valence-corrected chi connectivity index (χ3v) is 2.81. The number of halogens is 1. The molecule has 0 saturated carbocycles. The summed E-state index contributed by atoms with van der Waals surface area (Å²) in [6.07, 6.45) is 3.44. The van der Waals surface area contributed by atoms with Crippen molar-refractivity contribution in [2.24, 2.45) is 0 Å². The minimum Gasteiger partial charge on any atom is -0.260 e. The molecule has 4 nitrogen and oxygen atoms in total. The molecule has 0 aliphatic rings. The molecule has 0 aromatic carbocycles. The van der Waals surface area contributed by atoms with Gasteiger partial charge in [-0.3, -0.25) is 4.98 Å². The number of alkyl halides is 1. The topological polar surface area (TPSA) is 43.6 Å². The fraction of sp³-hybridized carbons (Fsp3) is 0.417. The summed E-state index contributed by atoms with van der Waals surface area (Å²) in [6.45, 7) is 4.12. The third kappa shape index (κ3) is 2.47. The molecule has 90 valence electrons. The first-order valence-electron chi connectivity index (χ1n) is 5.74. The molecule has 2 aromatic rings. The fourth-order valence-corrected chi connectivity index (χ4v) is 1.79. The lowest BCUT2D eigenvalue weighted by Gasteiger charge is -2.04. The molecular formula is C12H15ClN4. The number of hydrogen-bond donors (Lipinski definition) is 0. The van der Waals surface area contributed by atoms with Crippen LogP contribution in [0.2, 0.25) is 0 Å². The van der Waals surface area contributed by atoms with Gasteiger partial charge in [0.15, 0.2) is 5.82 Å². The molecule has 0 bridgehead atoms. The van der Waals surface area contributed by atoms with Gasteiger partial charge in [-0.15, -0.1) is 11.6 Å². The van der Waals surface area contributed by atoms with Crippen molar-refractivity contribution in [2.45, 2.75) is 32.6 Å². The summed E-state index contributed by atoms with van der Waals surface area (Å²) in [5, 5.41) is 4.48. The normalized spacial score (nSPS) is 10.8. The molecule has 0 aliphatic heterocycles. The number of aromatic nitrogens is 4. The highest BCUT2D eigenvalue weighted by Gasteiger charge is 2.09. The molecule has 0 unspecified atom stereocenters. The van der Waals surface area contributed by atoms with Crippen molar-refractivity contribution in [3.63, 3.8) is 0 Å². The van der Waals surface area contributed by atoms with Crippen molar-refractivity contribution in [2.75, 3.05) is 0 Å². The summed E-state index contributed by atoms with van der Waals surface area (Å²) in [7, 11) is 0. The lowest BCUT2D eigenvalue weighted by atomic mass is 10.3. The first kappa shape index (κ1) is 12.0. The largest absolute Gasteiger partial charge is 0.260 e. The summed E-state index contributed by atoms with van der Waals surface area (Å²) in [5.74, 6) is 2.24. The lowest BCUT2D eigenvalue weighted by Crippen LogP contribution is -2.03. The maximum Gasteiger partial charge on any atom is 0.151 e. The number of pyridine rings is 1. The Hall–Kier alpha value is -1.42. The van der Waals surface area contributed by atoms with Crippen molar-refractivity contribution in [3.05, 3.63) is 35.7 Å². The molecule has 5 heteroatoms. The van der Waals surface area contributed by atoms with E-state index in [9.17, 15) is 0 Å². The smallest absolute Gasteiger partial charge is 0.151 e. The highest BCUT2D eigenvalue weighted by Crippen LogP contribution is 2.12. The summed E-state index contributed by atoms with van der Waals surface area (Å²) >= 11 is 5.78. The van der Waals surface area contributed by atoms with Crippen LogP contribution in [0.15, 0.2) is 18.3 Å². The van der Waals surface area contributed by atoms with E-state index in [2.05, 4.69) is 28.9 Å². The van der Waals surface area contributed by atoms with E-state index < -0.39 is 0 Å². The van der Waals surface area contributed by atoms with Crippen LogP contribution in [0, 0.1) is 0 Å². The Bertz CT molecular complexity index is 507. The van der Waals surface area contributed by atoms with E-state index in [1.807, 2.05) is 16.8 Å². The van der Waals surface area contributed by atoms with Gasteiger partial charge in [-0.25, -0.2) is 9.67 Å². The zero-order valence-corrected chi connectivity index (χ0v) is 10.8. The van der Waals surface area contributed by atoms with Crippen LogP contribution in [-0.4, -0.2) is 19.7 Å². The van der Waals surface area contributed by atoms with Crippen LogP contribution in [0.5, 0.6) is 0 Å². The second-order valence-corrected chi connectivity index (χ2v) is 3.97. The SMILES string of the molecule is CCc1nc(CC)n(-c2ccnc(CCl)c2)n1. The van der Waals surface area contributed by atoms with E-state index in [0.29, 0.717) is 5.88 Å². The number of rotatable bonds is 4. The van der Waals surface area contributed by atoms with Gasteiger partial charge in [0.1, 0.15) is 5.82 Å². The average Bonchev–Trinajstić information content (AvgIpc) is 2.82. The Morgan fingerprint density at radius 3 is 2.76 bits per heavy atom. The van der Waals surface area contributed by atoms with Crippen LogP contribution < -0.4 is 0 Å². The second kappa shape index (κ2) is 5.27. The minimum atomic E-state index is 0.407. The van der Waals surface area contributed by atoms with Gasteiger partial charge >= 0.3 is 0 Å². The fourth-order valence-electron chi connectivity index (χ4n) is 1.65. The van der Waals surface area contributed by atoms with E-state index in [4.69, 9.17) is 11.6 Å². The molecule has 0 amide bonds. The molecule has 2 rings (SSSR count). The van der Waals surface area contributed by atoms with Gasteiger partial charge in [0.05, 0.1) is 17.3 Å². The maximum atomic E-state index is 5.78. The van der Waals surface area contributed by atoms with Gasteiger partial charge in [-0.1, -0.05) is 13.8 Å². The first-order valence-corrected chi connectivity index (χ1v) is 6.28. The molecule has 2 heterocycles. The lowest BCUT2D eigenvalue weighted by molar-refractivity contribution is 0.788. The van der Waals surface area contributed by atoms with Gasteiger partial charge in [-0.05, 0) is 12.1 Å². The molecule has 0 saturated heterocycles. The van der Waals surface area contributed by atoms with Crippen molar-refractivity contribution in [1.82, 2.24) is 19.7 Å². The standard InChI is InChI=1S/C12H15ClN4/c1-3-11-15-12(4-2)17(16-11)10-5-6-14-9(7-10)8-13/h5-7H,3-4,8H2,1-2H3. The summed E-state index contributed by atoms with van der Waals surface area (Å²) in [6, 6.07) is 3.86. The Labute approximate surface area is 106 Å². The number of nitrogens with zero attached hydrogens (tertiary/aromatic N) is 4. The molecular weight excluding hydrogens is 236 g/mol. The predicted octanol–water partition coefficient (Wildman–Crippen LogP) is 2.53. The van der Waals surface area contributed by atoms with E-state index in [1.165, 1.54) is 0 Å². The Morgan fingerprint density at radius 1 is 1.29 bits per heavy atom. The monoisotopic (exact) mass is 250 g/mol. The van der Waals surface area contributed by atoms with Crippen molar-refractivity contribution in [3.8, 4) is 5.69 Å². The highest BCUT2D eigenvalue weighted by molar-refractivity contribution is 6.16. The van der Waals surface area contributed by atoms with E-state index in [-0.39, 0.29) is 0 Å². The second-order valence-electron chi connectivity index (χ2n) is 3.70. The van der Waals surface area contributed by atoms with E-state index in [0.717, 1.165) is 35.9 Å². The molecule has 2 aromatic heterocycles. The number of aryl methyl sites for hydroxylation is 2. The van der Waals surface area contributed by atoms with Crippen LogP contribution in [0.1, 0.15) is 31.2 Å². The van der Waals surface area contributed by atoms with E-state index >= 15 is 0 Å². The molecule has 0 fully saturated rings. The van der Waals surface area contributed by atoms with Crippen LogP contribution in [0.25, 0.3) is 5.69 Å². The van der Waals surface area contributed by atoms with Crippen molar-refractivity contribution < 1.29 is 0 Å². The molecule has 0 spiro atoms. The summed E-state index contributed by atoms with van der Waals surface area (Å²) in [4.78, 5) is 8.65. The Kier molecular flexibility index (Phi) is 3.74. The maximum absolute atomic E-state index is 5.78. The average molecular weight is 251 g/mol. The van der Waals surface area contributed by atoms with Crippen LogP contribution in [0.3, 0.4) is 0 Å². The van der Waals surface area contributed by atoms with Gasteiger partial charge in [0.25, 0.3) is 0 Å². The first-order chi connectivity index (χ1) is 8.28. The molecule has 0 N–H and O–H groups in total. The van der Waals surface area contributed by atoms with Crippen LogP contribution >= 0.6 is 11.6 Å². The van der Waals surface area contributed by atoms with Gasteiger partial charge in [0.2, 0.25) is 0 Å². The predicted molar refractivity (Wildman–Crippen MR) is 67.5 cm³/mol. The molecule has 17 heavy (non-hydrogen) atoms. The Morgan fingerprint density at radius 2 is 2.12 bits per heavy atom. The zero-order chi connectivity index (χ0) is 12.3. The summed E-state index contributed by atoms with van der Waals surface area (Å²) in [5.41, 5.74) is 1.82. The van der Waals surface area contributed by atoms with Gasteiger partial charge in [-0.2, -0.15) is 5.10 Å². The molecule has 0 aliphatic carbocycles. The third-order valence-electron chi connectivity index (χ3n) is 2.53. The van der Waals surface area contributed by atoms with Crippen LogP contribution in [-0.2, 0) is 18.7 Å².